The lowest BCUT2D eigenvalue weighted by Crippen LogP contribution is -2.50. The van der Waals surface area contributed by atoms with Crippen molar-refractivity contribution in [2.75, 3.05) is 26.7 Å². The zero-order valence-electron chi connectivity index (χ0n) is 21.9. The highest BCUT2D eigenvalue weighted by molar-refractivity contribution is 7.89. The number of amides is 1. The first-order chi connectivity index (χ1) is 18.9. The van der Waals surface area contributed by atoms with E-state index in [1.807, 2.05) is 30.3 Å². The summed E-state index contributed by atoms with van der Waals surface area (Å²) in [5.41, 5.74) is -1.00. The van der Waals surface area contributed by atoms with Crippen molar-refractivity contribution in [1.29, 1.82) is 0 Å². The number of nitrogens with zero attached hydrogens (tertiary/aromatic N) is 2. The number of alkyl halides is 3. The van der Waals surface area contributed by atoms with Crippen LogP contribution in [0.15, 0.2) is 83.8 Å². The topological polar surface area (TPSA) is 66.9 Å². The molecule has 1 aliphatic rings. The number of hydrogen-bond acceptors (Lipinski definition) is 4. The third-order valence-corrected chi connectivity index (χ3v) is 9.09. The maximum Gasteiger partial charge on any atom is 0.416 e. The molecule has 3 aromatic rings. The Balaban J connectivity index is 1.59. The molecule has 0 bridgehead atoms. The molecule has 1 amide bonds. The van der Waals surface area contributed by atoms with Crippen LogP contribution in [-0.2, 0) is 27.5 Å². The van der Waals surface area contributed by atoms with Crippen LogP contribution in [0.5, 0.6) is 5.75 Å². The van der Waals surface area contributed by atoms with Crippen LogP contribution in [0.4, 0.5) is 13.2 Å². The van der Waals surface area contributed by atoms with Gasteiger partial charge in [-0.25, -0.2) is 8.42 Å². The average Bonchev–Trinajstić information content (AvgIpc) is 2.93. The molecule has 6 nitrogen and oxygen atoms in total. The zero-order valence-corrected chi connectivity index (χ0v) is 23.5. The molecule has 1 fully saturated rings. The molecule has 0 aliphatic carbocycles. The van der Waals surface area contributed by atoms with Gasteiger partial charge in [0, 0.05) is 43.5 Å². The normalized spacial score (nSPS) is 18.3. The lowest BCUT2D eigenvalue weighted by Gasteiger charge is -2.42. The maximum absolute atomic E-state index is 13.5. The van der Waals surface area contributed by atoms with Crippen LogP contribution < -0.4 is 4.74 Å². The summed E-state index contributed by atoms with van der Waals surface area (Å²) in [7, 11) is -2.59. The van der Waals surface area contributed by atoms with E-state index >= 15 is 0 Å². The first-order valence-corrected chi connectivity index (χ1v) is 14.5. The van der Waals surface area contributed by atoms with Crippen LogP contribution in [0.2, 0.25) is 5.02 Å². The molecule has 0 spiro atoms. The number of ether oxygens (including phenoxy) is 1. The van der Waals surface area contributed by atoms with Crippen molar-refractivity contribution >= 4 is 27.5 Å². The molecule has 11 heteroatoms. The fourth-order valence-corrected chi connectivity index (χ4v) is 6.60. The largest absolute Gasteiger partial charge is 0.493 e. The third-order valence-electron chi connectivity index (χ3n) is 7.00. The molecule has 3 aromatic carbocycles. The Morgan fingerprint density at radius 1 is 1.05 bits per heavy atom. The van der Waals surface area contributed by atoms with Gasteiger partial charge >= 0.3 is 6.18 Å². The quantitative estimate of drug-likeness (QED) is 0.293. The van der Waals surface area contributed by atoms with E-state index in [-0.39, 0.29) is 32.0 Å². The molecule has 1 heterocycles. The molecule has 40 heavy (non-hydrogen) atoms. The molecular weight excluding hydrogens is 565 g/mol. The van der Waals surface area contributed by atoms with Crippen LogP contribution in [0, 0.1) is 5.41 Å². The molecule has 0 N–H and O–H groups in total. The Morgan fingerprint density at radius 2 is 1.75 bits per heavy atom. The molecule has 1 atom stereocenters. The van der Waals surface area contributed by atoms with E-state index in [2.05, 4.69) is 0 Å². The molecule has 1 saturated heterocycles. The third kappa shape index (κ3) is 7.35. The van der Waals surface area contributed by atoms with Crippen LogP contribution >= 0.6 is 11.6 Å². The monoisotopic (exact) mass is 594 g/mol. The highest BCUT2D eigenvalue weighted by atomic mass is 35.5. The van der Waals surface area contributed by atoms with Crippen LogP contribution in [0.25, 0.3) is 0 Å². The summed E-state index contributed by atoms with van der Waals surface area (Å²) in [6.07, 6.45) is -3.77. The van der Waals surface area contributed by atoms with E-state index < -0.39 is 32.1 Å². The van der Waals surface area contributed by atoms with Gasteiger partial charge in [0.15, 0.2) is 0 Å². The Morgan fingerprint density at radius 3 is 2.42 bits per heavy atom. The number of halogens is 4. The molecule has 1 aliphatic heterocycles. The summed E-state index contributed by atoms with van der Waals surface area (Å²) in [5, 5.41) is 0.524. The molecule has 0 radical (unpaired) electrons. The van der Waals surface area contributed by atoms with Crippen molar-refractivity contribution in [3.8, 4) is 5.75 Å². The van der Waals surface area contributed by atoms with Gasteiger partial charge in [-0.3, -0.25) is 4.79 Å². The van der Waals surface area contributed by atoms with Gasteiger partial charge in [-0.15, -0.1) is 0 Å². The first kappa shape index (κ1) is 29.9. The number of hydrogen-bond donors (Lipinski definition) is 0. The van der Waals surface area contributed by atoms with E-state index in [0.717, 1.165) is 23.8 Å². The van der Waals surface area contributed by atoms with Crippen molar-refractivity contribution in [3.63, 3.8) is 0 Å². The number of benzene rings is 3. The van der Waals surface area contributed by atoms with Gasteiger partial charge in [0.25, 0.3) is 0 Å². The second-order valence-corrected chi connectivity index (χ2v) is 12.5. The molecule has 0 aromatic heterocycles. The summed E-state index contributed by atoms with van der Waals surface area (Å²) in [5.74, 6) is 0.314. The Bertz CT molecular complexity index is 1420. The second-order valence-electron chi connectivity index (χ2n) is 10.1. The summed E-state index contributed by atoms with van der Waals surface area (Å²) < 4.78 is 74.2. The summed E-state index contributed by atoms with van der Waals surface area (Å²) in [6, 6.07) is 19.9. The van der Waals surface area contributed by atoms with Gasteiger partial charge in [0.1, 0.15) is 5.75 Å². The van der Waals surface area contributed by atoms with Crippen LogP contribution in [0.3, 0.4) is 0 Å². The smallest absolute Gasteiger partial charge is 0.416 e. The van der Waals surface area contributed by atoms with Gasteiger partial charge in [-0.05, 0) is 60.9 Å². The van der Waals surface area contributed by atoms with Gasteiger partial charge in [0.05, 0.1) is 17.1 Å². The highest BCUT2D eigenvalue weighted by Crippen LogP contribution is 2.38. The van der Waals surface area contributed by atoms with Crippen molar-refractivity contribution in [3.05, 3.63) is 95.0 Å². The number of rotatable bonds is 9. The summed E-state index contributed by atoms with van der Waals surface area (Å²) in [4.78, 5) is 14.6. The average molecular weight is 595 g/mol. The molecular formula is C29H30ClF3N2O4S. The Kier molecular flexibility index (Phi) is 9.12. The van der Waals surface area contributed by atoms with Crippen LogP contribution in [-0.4, -0.2) is 50.3 Å². The van der Waals surface area contributed by atoms with E-state index in [9.17, 15) is 26.4 Å². The minimum absolute atomic E-state index is 0.00145. The first-order valence-electron chi connectivity index (χ1n) is 12.7. The lowest BCUT2D eigenvalue weighted by atomic mass is 9.78. The van der Waals surface area contributed by atoms with E-state index in [4.69, 9.17) is 16.3 Å². The number of sulfonamides is 1. The molecule has 214 valence electrons. The Hall–Kier alpha value is -3.08. The molecule has 0 saturated carbocycles. The standard InChI is InChI=1S/C29H30ClF3N2O4S/c1-34(19-22-7-3-2-4-8-22)27(36)18-28(21-39-25-13-11-24(30)12-14-25)15-6-16-35(20-28)40(37,38)26-10-5-9-23(17-26)29(31,32)33/h2-5,7-14,17H,6,15-16,18-21H2,1H3/t28-/m0/s1. The highest BCUT2D eigenvalue weighted by Gasteiger charge is 2.43. The van der Waals surface area contributed by atoms with Gasteiger partial charge in [0.2, 0.25) is 15.9 Å². The minimum Gasteiger partial charge on any atom is -0.493 e. The van der Waals surface area contributed by atoms with E-state index in [0.29, 0.717) is 36.2 Å². The van der Waals surface area contributed by atoms with Gasteiger partial charge in [-0.2, -0.15) is 17.5 Å². The number of carbonyl (C=O) groups excluding carboxylic acids is 1. The van der Waals surface area contributed by atoms with Crippen molar-refractivity contribution in [1.82, 2.24) is 9.21 Å². The van der Waals surface area contributed by atoms with E-state index in [1.54, 1.807) is 36.2 Å². The molecule has 0 unspecified atom stereocenters. The zero-order chi connectivity index (χ0) is 29.0. The Labute approximate surface area is 237 Å². The van der Waals surface area contributed by atoms with Crippen molar-refractivity contribution < 1.29 is 31.1 Å². The van der Waals surface area contributed by atoms with Crippen molar-refractivity contribution in [2.45, 2.75) is 36.9 Å². The summed E-state index contributed by atoms with van der Waals surface area (Å²) >= 11 is 5.98. The predicted molar refractivity (Wildman–Crippen MR) is 146 cm³/mol. The van der Waals surface area contributed by atoms with Gasteiger partial charge < -0.3 is 9.64 Å². The number of carbonyl (C=O) groups is 1. The minimum atomic E-state index is -4.68. The fraction of sp³-hybridized carbons (Fsp3) is 0.345. The van der Waals surface area contributed by atoms with Crippen LogP contribution in [0.1, 0.15) is 30.4 Å². The molecule has 4 rings (SSSR count). The second kappa shape index (κ2) is 12.2. The van der Waals surface area contributed by atoms with E-state index in [1.165, 1.54) is 4.31 Å². The lowest BCUT2D eigenvalue weighted by molar-refractivity contribution is -0.138. The fourth-order valence-electron chi connectivity index (χ4n) is 4.83. The van der Waals surface area contributed by atoms with Crippen molar-refractivity contribution in [2.24, 2.45) is 5.41 Å². The maximum atomic E-state index is 13.5. The SMILES string of the molecule is CN(Cc1ccccc1)C(=O)C[C@@]1(COc2ccc(Cl)cc2)CCCN(S(=O)(=O)c2cccc(C(F)(F)F)c2)C1. The number of piperidine rings is 1. The summed E-state index contributed by atoms with van der Waals surface area (Å²) in [6.45, 7) is 0.452. The predicted octanol–water partition coefficient (Wildman–Crippen LogP) is 6.26. The van der Waals surface area contributed by atoms with Gasteiger partial charge in [-0.1, -0.05) is 48.0 Å².